The smallest absolute Gasteiger partial charge is 0.220 e. The zero-order valence-electron chi connectivity index (χ0n) is 18.2. The van der Waals surface area contributed by atoms with Crippen molar-refractivity contribution >= 4 is 11.9 Å². The van der Waals surface area contributed by atoms with Crippen LogP contribution >= 0.6 is 0 Å². The molecule has 0 atom stereocenters. The molecule has 1 aromatic carbocycles. The lowest BCUT2D eigenvalue weighted by atomic mass is 9.96. The summed E-state index contributed by atoms with van der Waals surface area (Å²) in [6.07, 6.45) is 3.99. The number of hydrogen-bond donors (Lipinski definition) is 3. The van der Waals surface area contributed by atoms with E-state index in [1.54, 1.807) is 7.11 Å². The van der Waals surface area contributed by atoms with Crippen molar-refractivity contribution in [3.8, 4) is 5.75 Å². The standard InChI is InChI=1S/C22H37N5O2/c1-4-24-22(26-16-19-8-7-17(2)15-20(19)29-3)25-11-5-6-12-27-13-9-18(10-14-27)21(23)28/h7-8,15,18H,4-6,9-14,16H2,1-3H3,(H2,23,28)(H2,24,25,26). The summed E-state index contributed by atoms with van der Waals surface area (Å²) >= 11 is 0. The minimum absolute atomic E-state index is 0.0685. The van der Waals surface area contributed by atoms with Gasteiger partial charge in [-0.05, 0) is 70.8 Å². The monoisotopic (exact) mass is 403 g/mol. The van der Waals surface area contributed by atoms with Gasteiger partial charge in [0.15, 0.2) is 5.96 Å². The average Bonchev–Trinajstić information content (AvgIpc) is 2.72. The normalized spacial score (nSPS) is 15.9. The first-order valence-corrected chi connectivity index (χ1v) is 10.7. The molecule has 2 rings (SSSR count). The number of ether oxygens (including phenoxy) is 1. The molecule has 0 bridgehead atoms. The number of hydrogen-bond acceptors (Lipinski definition) is 4. The van der Waals surface area contributed by atoms with E-state index < -0.39 is 0 Å². The quantitative estimate of drug-likeness (QED) is 0.316. The molecule has 0 spiro atoms. The molecule has 7 heteroatoms. The fourth-order valence-electron chi connectivity index (χ4n) is 3.60. The number of amides is 1. The van der Waals surface area contributed by atoms with E-state index in [1.807, 2.05) is 6.07 Å². The minimum atomic E-state index is -0.146. The molecule has 0 aromatic heterocycles. The molecule has 162 valence electrons. The van der Waals surface area contributed by atoms with E-state index in [2.05, 4.69) is 41.5 Å². The summed E-state index contributed by atoms with van der Waals surface area (Å²) in [4.78, 5) is 18.4. The zero-order valence-corrected chi connectivity index (χ0v) is 18.2. The molecule has 7 nitrogen and oxygen atoms in total. The van der Waals surface area contributed by atoms with Gasteiger partial charge in [0.2, 0.25) is 5.91 Å². The molecular weight excluding hydrogens is 366 g/mol. The van der Waals surface area contributed by atoms with E-state index in [4.69, 9.17) is 15.5 Å². The van der Waals surface area contributed by atoms with Gasteiger partial charge in [0.1, 0.15) is 5.75 Å². The molecule has 29 heavy (non-hydrogen) atoms. The third kappa shape index (κ3) is 7.93. The lowest BCUT2D eigenvalue weighted by molar-refractivity contribution is -0.123. The molecule has 0 radical (unpaired) electrons. The van der Waals surface area contributed by atoms with Crippen LogP contribution < -0.4 is 21.1 Å². The van der Waals surface area contributed by atoms with Crippen LogP contribution in [0.3, 0.4) is 0 Å². The number of methoxy groups -OCH3 is 1. The van der Waals surface area contributed by atoms with Gasteiger partial charge in [0.05, 0.1) is 13.7 Å². The van der Waals surface area contributed by atoms with E-state index in [9.17, 15) is 4.79 Å². The predicted octanol–water partition coefficient (Wildman–Crippen LogP) is 2.04. The number of likely N-dealkylation sites (tertiary alicyclic amines) is 1. The number of guanidine groups is 1. The van der Waals surface area contributed by atoms with E-state index >= 15 is 0 Å². The topological polar surface area (TPSA) is 92.0 Å². The second-order valence-electron chi connectivity index (χ2n) is 7.66. The second-order valence-corrected chi connectivity index (χ2v) is 7.66. The lowest BCUT2D eigenvalue weighted by Gasteiger charge is -2.30. The fraction of sp³-hybridized carbons (Fsp3) is 0.636. The average molecular weight is 404 g/mol. The third-order valence-electron chi connectivity index (χ3n) is 5.38. The molecule has 1 amide bonds. The van der Waals surface area contributed by atoms with Gasteiger partial charge in [-0.2, -0.15) is 0 Å². The Balaban J connectivity index is 1.71. The highest BCUT2D eigenvalue weighted by molar-refractivity contribution is 5.79. The van der Waals surface area contributed by atoms with E-state index in [0.717, 1.165) is 75.7 Å². The first-order chi connectivity index (χ1) is 14.0. The summed E-state index contributed by atoms with van der Waals surface area (Å²) in [7, 11) is 1.70. The number of primary amides is 1. The predicted molar refractivity (Wildman–Crippen MR) is 118 cm³/mol. The Hall–Kier alpha value is -2.28. The van der Waals surface area contributed by atoms with Gasteiger partial charge in [-0.15, -0.1) is 0 Å². The Morgan fingerprint density at radius 1 is 1.28 bits per heavy atom. The van der Waals surface area contributed by atoms with Crippen LogP contribution in [0.4, 0.5) is 0 Å². The molecule has 1 aliphatic rings. The maximum Gasteiger partial charge on any atom is 0.220 e. The van der Waals surface area contributed by atoms with Crippen LogP contribution in [0.5, 0.6) is 5.75 Å². The molecule has 1 aliphatic heterocycles. The van der Waals surface area contributed by atoms with Gasteiger partial charge in [0.25, 0.3) is 0 Å². The zero-order chi connectivity index (χ0) is 21.1. The number of aryl methyl sites for hydroxylation is 1. The van der Waals surface area contributed by atoms with Crippen molar-refractivity contribution in [3.63, 3.8) is 0 Å². The lowest BCUT2D eigenvalue weighted by Crippen LogP contribution is -2.39. The number of piperidine rings is 1. The minimum Gasteiger partial charge on any atom is -0.496 e. The molecule has 4 N–H and O–H groups in total. The Kier molecular flexibility index (Phi) is 9.77. The first kappa shape index (κ1) is 23.0. The van der Waals surface area contributed by atoms with Gasteiger partial charge < -0.3 is 26.0 Å². The van der Waals surface area contributed by atoms with Gasteiger partial charge >= 0.3 is 0 Å². The number of carbonyl (C=O) groups is 1. The second kappa shape index (κ2) is 12.3. The maximum absolute atomic E-state index is 11.2. The molecule has 1 fully saturated rings. The first-order valence-electron chi connectivity index (χ1n) is 10.7. The van der Waals surface area contributed by atoms with Crippen molar-refractivity contribution in [2.75, 3.05) is 39.8 Å². The molecule has 1 aromatic rings. The van der Waals surface area contributed by atoms with Crippen LogP contribution in [0.15, 0.2) is 23.2 Å². The highest BCUT2D eigenvalue weighted by atomic mass is 16.5. The van der Waals surface area contributed by atoms with Gasteiger partial charge in [0, 0.05) is 24.6 Å². The molecular formula is C22H37N5O2. The van der Waals surface area contributed by atoms with Crippen molar-refractivity contribution in [2.45, 2.75) is 46.1 Å². The van der Waals surface area contributed by atoms with Crippen LogP contribution in [0.1, 0.15) is 43.7 Å². The number of unbranched alkanes of at least 4 members (excludes halogenated alkanes) is 1. The van der Waals surface area contributed by atoms with Gasteiger partial charge in [-0.1, -0.05) is 12.1 Å². The summed E-state index contributed by atoms with van der Waals surface area (Å²) in [5.74, 6) is 1.63. The third-order valence-corrected chi connectivity index (χ3v) is 5.38. The molecule has 1 heterocycles. The summed E-state index contributed by atoms with van der Waals surface area (Å²) in [6.45, 7) is 9.43. The van der Waals surface area contributed by atoms with Gasteiger partial charge in [-0.25, -0.2) is 4.99 Å². The summed E-state index contributed by atoms with van der Waals surface area (Å²) in [5.41, 5.74) is 7.66. The van der Waals surface area contributed by atoms with E-state index in [0.29, 0.717) is 6.54 Å². The van der Waals surface area contributed by atoms with Crippen molar-refractivity contribution in [1.82, 2.24) is 15.5 Å². The summed E-state index contributed by atoms with van der Waals surface area (Å²) in [6, 6.07) is 6.19. The highest BCUT2D eigenvalue weighted by Gasteiger charge is 2.22. The molecule has 0 aliphatic carbocycles. The number of nitrogens with one attached hydrogen (secondary N) is 2. The van der Waals surface area contributed by atoms with Crippen LogP contribution in [0.25, 0.3) is 0 Å². The Morgan fingerprint density at radius 2 is 2.03 bits per heavy atom. The number of aliphatic imine (C=N–C) groups is 1. The Labute approximate surface area is 175 Å². The van der Waals surface area contributed by atoms with Crippen LogP contribution in [0.2, 0.25) is 0 Å². The highest BCUT2D eigenvalue weighted by Crippen LogP contribution is 2.20. The summed E-state index contributed by atoms with van der Waals surface area (Å²) < 4.78 is 5.47. The van der Waals surface area contributed by atoms with E-state index in [1.165, 1.54) is 5.56 Å². The number of benzene rings is 1. The molecule has 1 saturated heterocycles. The number of nitrogens with two attached hydrogens (primary N) is 1. The van der Waals surface area contributed by atoms with E-state index in [-0.39, 0.29) is 11.8 Å². The van der Waals surface area contributed by atoms with Crippen molar-refractivity contribution in [2.24, 2.45) is 16.6 Å². The summed E-state index contributed by atoms with van der Waals surface area (Å²) in [5, 5.41) is 6.72. The van der Waals surface area contributed by atoms with Crippen molar-refractivity contribution in [1.29, 1.82) is 0 Å². The largest absolute Gasteiger partial charge is 0.496 e. The van der Waals surface area contributed by atoms with Crippen LogP contribution in [-0.2, 0) is 11.3 Å². The Morgan fingerprint density at radius 3 is 2.69 bits per heavy atom. The number of rotatable bonds is 10. The maximum atomic E-state index is 11.2. The van der Waals surface area contributed by atoms with Gasteiger partial charge in [-0.3, -0.25) is 4.79 Å². The molecule has 0 unspecified atom stereocenters. The number of carbonyl (C=O) groups excluding carboxylic acids is 1. The van der Waals surface area contributed by atoms with Crippen LogP contribution in [0, 0.1) is 12.8 Å². The fourth-order valence-corrected chi connectivity index (χ4v) is 3.60. The number of nitrogens with zero attached hydrogens (tertiary/aromatic N) is 2. The van der Waals surface area contributed by atoms with Crippen molar-refractivity contribution in [3.05, 3.63) is 29.3 Å². The van der Waals surface area contributed by atoms with Crippen molar-refractivity contribution < 1.29 is 9.53 Å². The Bertz CT molecular complexity index is 669. The molecule has 0 saturated carbocycles. The van der Waals surface area contributed by atoms with Crippen LogP contribution in [-0.4, -0.2) is 56.6 Å². The SMILES string of the molecule is CCNC(=NCc1ccc(C)cc1OC)NCCCCN1CCC(C(N)=O)CC1.